The van der Waals surface area contributed by atoms with E-state index in [-0.39, 0.29) is 0 Å². The van der Waals surface area contributed by atoms with Crippen molar-refractivity contribution in [3.8, 4) is 0 Å². The third-order valence-corrected chi connectivity index (χ3v) is 2.38. The van der Waals surface area contributed by atoms with Crippen LogP contribution < -0.4 is 0 Å². The van der Waals surface area contributed by atoms with Crippen molar-refractivity contribution in [3.05, 3.63) is 11.1 Å². The maximum atomic E-state index is 11.2. The summed E-state index contributed by atoms with van der Waals surface area (Å²) in [6.07, 6.45) is 5.30. The van der Waals surface area contributed by atoms with Crippen LogP contribution in [0, 0.1) is 0 Å². The highest BCUT2D eigenvalue weighted by Crippen LogP contribution is 2.24. The van der Waals surface area contributed by atoms with Gasteiger partial charge >= 0.3 is 0 Å². The van der Waals surface area contributed by atoms with Gasteiger partial charge in [-0.3, -0.25) is 4.79 Å². The van der Waals surface area contributed by atoms with Gasteiger partial charge in [0, 0.05) is 6.42 Å². The normalized spacial score (nSPS) is 19.3. The van der Waals surface area contributed by atoms with Crippen molar-refractivity contribution >= 4 is 5.78 Å². The lowest BCUT2D eigenvalue weighted by Gasteiger charge is -2.15. The van der Waals surface area contributed by atoms with Crippen LogP contribution in [0.1, 0.15) is 46.0 Å². The molecule has 0 saturated carbocycles. The fourth-order valence-corrected chi connectivity index (χ4v) is 1.65. The molecule has 0 heterocycles. The van der Waals surface area contributed by atoms with Gasteiger partial charge in [-0.15, -0.1) is 0 Å². The van der Waals surface area contributed by atoms with Crippen molar-refractivity contribution in [2.45, 2.75) is 46.0 Å². The Labute approximate surface area is 68.5 Å². The molecule has 0 aromatic carbocycles. The van der Waals surface area contributed by atoms with Crippen LogP contribution in [0.2, 0.25) is 0 Å². The van der Waals surface area contributed by atoms with Crippen LogP contribution in [-0.2, 0) is 4.79 Å². The van der Waals surface area contributed by atoms with Crippen molar-refractivity contribution in [1.29, 1.82) is 0 Å². The molecule has 1 nitrogen and oxygen atoms in total. The van der Waals surface area contributed by atoms with Crippen LogP contribution in [0.5, 0.6) is 0 Å². The van der Waals surface area contributed by atoms with Crippen molar-refractivity contribution in [1.82, 2.24) is 0 Å². The Kier molecular flexibility index (Phi) is 2.86. The summed E-state index contributed by atoms with van der Waals surface area (Å²) in [6, 6.07) is 0. The summed E-state index contributed by atoms with van der Waals surface area (Å²) in [4.78, 5) is 11.2. The maximum absolute atomic E-state index is 11.2. The van der Waals surface area contributed by atoms with Crippen LogP contribution in [0.25, 0.3) is 0 Å². The van der Waals surface area contributed by atoms with Crippen LogP contribution in [-0.4, -0.2) is 5.78 Å². The molecular formula is C10H16O. The number of hydrogen-bond donors (Lipinski definition) is 0. The van der Waals surface area contributed by atoms with E-state index in [0.29, 0.717) is 5.78 Å². The van der Waals surface area contributed by atoms with Gasteiger partial charge in [-0.25, -0.2) is 0 Å². The fraction of sp³-hybridized carbons (Fsp3) is 0.700. The number of hydrogen-bond acceptors (Lipinski definition) is 1. The Bertz CT molecular complexity index is 189. The number of ketones is 1. The molecular weight excluding hydrogens is 136 g/mol. The molecule has 0 spiro atoms. The zero-order valence-corrected chi connectivity index (χ0v) is 7.44. The Hall–Kier alpha value is -0.590. The molecule has 0 radical (unpaired) electrons. The minimum absolute atomic E-state index is 0.375. The van der Waals surface area contributed by atoms with Crippen LogP contribution in [0.3, 0.4) is 0 Å². The number of Topliss-reactive ketones (excluding diaryl/α,β-unsaturated/α-hetero) is 1. The molecule has 0 aromatic heterocycles. The molecule has 0 fully saturated rings. The molecule has 1 aliphatic carbocycles. The molecule has 62 valence electrons. The zero-order chi connectivity index (χ0) is 8.27. The van der Waals surface area contributed by atoms with E-state index in [0.717, 1.165) is 31.3 Å². The number of allylic oxidation sites excluding steroid dienone is 2. The van der Waals surface area contributed by atoms with E-state index >= 15 is 0 Å². The average molecular weight is 152 g/mol. The smallest absolute Gasteiger partial charge is 0.158 e. The molecule has 0 aliphatic heterocycles. The van der Waals surface area contributed by atoms with Crippen LogP contribution >= 0.6 is 0 Å². The topological polar surface area (TPSA) is 17.1 Å². The Morgan fingerprint density at radius 1 is 1.36 bits per heavy atom. The quantitative estimate of drug-likeness (QED) is 0.594. The molecule has 1 rings (SSSR count). The zero-order valence-electron chi connectivity index (χ0n) is 7.44. The average Bonchev–Trinajstić information content (AvgIpc) is 1.99. The summed E-state index contributed by atoms with van der Waals surface area (Å²) in [6.45, 7) is 4.14. The lowest BCUT2D eigenvalue weighted by atomic mass is 9.89. The molecule has 0 bridgehead atoms. The van der Waals surface area contributed by atoms with Gasteiger partial charge in [0.2, 0.25) is 0 Å². The largest absolute Gasteiger partial charge is 0.295 e. The number of rotatable bonds is 2. The Morgan fingerprint density at radius 3 is 2.73 bits per heavy atom. The van der Waals surface area contributed by atoms with Gasteiger partial charge in [-0.2, -0.15) is 0 Å². The van der Waals surface area contributed by atoms with E-state index < -0.39 is 0 Å². The summed E-state index contributed by atoms with van der Waals surface area (Å²) in [7, 11) is 0. The van der Waals surface area contributed by atoms with E-state index in [4.69, 9.17) is 0 Å². The highest BCUT2D eigenvalue weighted by atomic mass is 16.1. The third-order valence-electron chi connectivity index (χ3n) is 2.38. The van der Waals surface area contributed by atoms with Crippen LogP contribution in [0.4, 0.5) is 0 Å². The second-order valence-corrected chi connectivity index (χ2v) is 3.26. The predicted molar refractivity (Wildman–Crippen MR) is 46.5 cm³/mol. The molecule has 11 heavy (non-hydrogen) atoms. The van der Waals surface area contributed by atoms with Gasteiger partial charge in [0.05, 0.1) is 0 Å². The summed E-state index contributed by atoms with van der Waals surface area (Å²) < 4.78 is 0. The lowest BCUT2D eigenvalue weighted by Crippen LogP contribution is -2.08. The molecule has 0 amide bonds. The van der Waals surface area contributed by atoms with Gasteiger partial charge in [-0.1, -0.05) is 18.9 Å². The maximum Gasteiger partial charge on any atom is 0.158 e. The van der Waals surface area contributed by atoms with Gasteiger partial charge in [0.1, 0.15) is 0 Å². The summed E-state index contributed by atoms with van der Waals surface area (Å²) in [5.41, 5.74) is 2.46. The van der Waals surface area contributed by atoms with Gasteiger partial charge < -0.3 is 0 Å². The monoisotopic (exact) mass is 152 g/mol. The van der Waals surface area contributed by atoms with Gasteiger partial charge in [0.25, 0.3) is 0 Å². The first kappa shape index (κ1) is 8.51. The van der Waals surface area contributed by atoms with E-state index in [9.17, 15) is 4.79 Å². The molecule has 1 aliphatic rings. The van der Waals surface area contributed by atoms with Gasteiger partial charge in [-0.05, 0) is 31.8 Å². The second-order valence-electron chi connectivity index (χ2n) is 3.26. The number of carbonyl (C=O) groups is 1. The Morgan fingerprint density at radius 2 is 2.09 bits per heavy atom. The third kappa shape index (κ3) is 1.92. The SMILES string of the molecule is CCCC1=C(C)C(=O)CCC1. The first-order chi connectivity index (χ1) is 5.25. The van der Waals surface area contributed by atoms with Gasteiger partial charge in [0.15, 0.2) is 5.78 Å². The van der Waals surface area contributed by atoms with E-state index in [2.05, 4.69) is 6.92 Å². The molecule has 0 aromatic rings. The van der Waals surface area contributed by atoms with Crippen molar-refractivity contribution in [2.24, 2.45) is 0 Å². The molecule has 1 heteroatoms. The first-order valence-corrected chi connectivity index (χ1v) is 4.47. The predicted octanol–water partition coefficient (Wildman–Crippen LogP) is 2.86. The van der Waals surface area contributed by atoms with Crippen molar-refractivity contribution in [2.75, 3.05) is 0 Å². The van der Waals surface area contributed by atoms with Crippen LogP contribution in [0.15, 0.2) is 11.1 Å². The number of carbonyl (C=O) groups excluding carboxylic acids is 1. The fourth-order valence-electron chi connectivity index (χ4n) is 1.65. The summed E-state index contributed by atoms with van der Waals surface area (Å²) >= 11 is 0. The Balaban J connectivity index is 2.71. The first-order valence-electron chi connectivity index (χ1n) is 4.47. The highest BCUT2D eigenvalue weighted by Gasteiger charge is 2.15. The molecule has 0 atom stereocenters. The summed E-state index contributed by atoms with van der Waals surface area (Å²) in [5.74, 6) is 0.375. The highest BCUT2D eigenvalue weighted by molar-refractivity contribution is 5.96. The van der Waals surface area contributed by atoms with E-state index in [1.165, 1.54) is 12.0 Å². The van der Waals surface area contributed by atoms with Crippen molar-refractivity contribution < 1.29 is 4.79 Å². The molecule has 0 unspecified atom stereocenters. The molecule has 0 N–H and O–H groups in total. The minimum atomic E-state index is 0.375. The lowest BCUT2D eigenvalue weighted by molar-refractivity contribution is -0.116. The minimum Gasteiger partial charge on any atom is -0.295 e. The summed E-state index contributed by atoms with van der Waals surface area (Å²) in [5, 5.41) is 0. The standard InChI is InChI=1S/C10H16O/c1-3-5-9-6-4-7-10(11)8(9)2/h3-7H2,1-2H3. The second kappa shape index (κ2) is 3.70. The molecule has 0 saturated heterocycles. The van der Waals surface area contributed by atoms with Crippen molar-refractivity contribution in [3.63, 3.8) is 0 Å². The van der Waals surface area contributed by atoms with E-state index in [1.807, 2.05) is 6.92 Å². The van der Waals surface area contributed by atoms with E-state index in [1.54, 1.807) is 0 Å².